The van der Waals surface area contributed by atoms with Crippen LogP contribution in [-0.4, -0.2) is 49.2 Å². The van der Waals surface area contributed by atoms with E-state index in [1.54, 1.807) is 6.92 Å². The molecule has 20 heavy (non-hydrogen) atoms. The van der Waals surface area contributed by atoms with Gasteiger partial charge in [-0.15, -0.1) is 0 Å². The van der Waals surface area contributed by atoms with Crippen molar-refractivity contribution in [2.45, 2.75) is 38.6 Å². The molecule has 6 nitrogen and oxygen atoms in total. The van der Waals surface area contributed by atoms with Gasteiger partial charge in [0.05, 0.1) is 13.2 Å². The number of carbonyl (C=O) groups is 2. The minimum Gasteiger partial charge on any atom is -0.450 e. The zero-order chi connectivity index (χ0) is 14.5. The molecule has 1 aliphatic carbocycles. The lowest BCUT2D eigenvalue weighted by Crippen LogP contribution is -2.52. The van der Waals surface area contributed by atoms with Gasteiger partial charge in [-0.3, -0.25) is 9.69 Å². The number of nitrogens with two attached hydrogens (primary N) is 1. The third-order valence-electron chi connectivity index (χ3n) is 3.95. The molecule has 1 saturated carbocycles. The van der Waals surface area contributed by atoms with E-state index < -0.39 is 0 Å². The van der Waals surface area contributed by atoms with Crippen molar-refractivity contribution in [3.63, 3.8) is 0 Å². The van der Waals surface area contributed by atoms with E-state index in [4.69, 9.17) is 10.5 Å². The van der Waals surface area contributed by atoms with Crippen LogP contribution in [-0.2, 0) is 9.53 Å². The van der Waals surface area contributed by atoms with Gasteiger partial charge in [0.1, 0.15) is 0 Å². The van der Waals surface area contributed by atoms with Gasteiger partial charge < -0.3 is 15.8 Å². The summed E-state index contributed by atoms with van der Waals surface area (Å²) in [4.78, 5) is 24.7. The molecule has 1 aliphatic heterocycles. The minimum atomic E-state index is -0.372. The van der Waals surface area contributed by atoms with E-state index in [2.05, 4.69) is 10.2 Å². The van der Waals surface area contributed by atoms with E-state index in [-0.39, 0.29) is 24.6 Å². The summed E-state index contributed by atoms with van der Waals surface area (Å²) in [5.74, 6) is 1.06. The summed E-state index contributed by atoms with van der Waals surface area (Å²) in [6.07, 6.45) is 4.43. The summed E-state index contributed by atoms with van der Waals surface area (Å²) < 4.78 is 4.93. The fourth-order valence-corrected chi connectivity index (χ4v) is 3.09. The van der Waals surface area contributed by atoms with Gasteiger partial charge in [0.2, 0.25) is 5.91 Å². The topological polar surface area (TPSA) is 84.7 Å². The number of hydrogen-bond acceptors (Lipinski definition) is 4. The molecular formula is C14H25N3O3. The number of alkyl carbamates (subject to hydrolysis) is 1. The number of likely N-dealkylation sites (tertiary alicyclic amines) is 1. The zero-order valence-electron chi connectivity index (χ0n) is 12.1. The Morgan fingerprint density at radius 1 is 1.30 bits per heavy atom. The van der Waals surface area contributed by atoms with Crippen molar-refractivity contribution < 1.29 is 14.3 Å². The lowest BCUT2D eigenvalue weighted by molar-refractivity contribution is -0.119. The fourth-order valence-electron chi connectivity index (χ4n) is 3.09. The zero-order valence-corrected chi connectivity index (χ0v) is 12.1. The standard InChI is InChI=1S/C14H25N3O3/c1-2-20-14(19)16-12-6-11(5-10-3-4-10)7-17(8-12)9-13(15)18/h10-12H,2-9H2,1H3,(H2,15,18)(H,16,19). The summed E-state index contributed by atoms with van der Waals surface area (Å²) in [6.45, 7) is 4.00. The van der Waals surface area contributed by atoms with Crippen LogP contribution in [0.2, 0.25) is 0 Å². The van der Waals surface area contributed by atoms with Crippen LogP contribution in [0.3, 0.4) is 0 Å². The highest BCUT2D eigenvalue weighted by Gasteiger charge is 2.33. The molecule has 114 valence electrons. The van der Waals surface area contributed by atoms with Crippen molar-refractivity contribution >= 4 is 12.0 Å². The fraction of sp³-hybridized carbons (Fsp3) is 0.857. The second kappa shape index (κ2) is 6.92. The van der Waals surface area contributed by atoms with Gasteiger partial charge in [-0.05, 0) is 31.6 Å². The molecule has 2 fully saturated rings. The normalized spacial score (nSPS) is 27.1. The molecule has 0 radical (unpaired) electrons. The predicted octanol–water partition coefficient (Wildman–Crippen LogP) is 0.708. The van der Waals surface area contributed by atoms with Crippen LogP contribution in [0.1, 0.15) is 32.6 Å². The highest BCUT2D eigenvalue weighted by molar-refractivity contribution is 5.76. The van der Waals surface area contributed by atoms with E-state index >= 15 is 0 Å². The third-order valence-corrected chi connectivity index (χ3v) is 3.95. The molecule has 2 amide bonds. The van der Waals surface area contributed by atoms with E-state index in [1.165, 1.54) is 19.3 Å². The first-order chi connectivity index (χ1) is 9.56. The monoisotopic (exact) mass is 283 g/mol. The third kappa shape index (κ3) is 5.00. The first kappa shape index (κ1) is 15.1. The molecule has 0 aromatic rings. The molecule has 2 unspecified atom stereocenters. The Morgan fingerprint density at radius 3 is 2.65 bits per heavy atom. The maximum Gasteiger partial charge on any atom is 0.407 e. The van der Waals surface area contributed by atoms with Crippen LogP contribution in [0.5, 0.6) is 0 Å². The Morgan fingerprint density at radius 2 is 2.05 bits per heavy atom. The lowest BCUT2D eigenvalue weighted by Gasteiger charge is -2.37. The van der Waals surface area contributed by atoms with Crippen LogP contribution in [0, 0.1) is 11.8 Å². The van der Waals surface area contributed by atoms with Crippen LogP contribution in [0.4, 0.5) is 4.79 Å². The Kier molecular flexibility index (Phi) is 5.23. The molecule has 2 atom stereocenters. The number of primary amides is 1. The highest BCUT2D eigenvalue weighted by Crippen LogP contribution is 2.37. The Labute approximate surface area is 120 Å². The smallest absolute Gasteiger partial charge is 0.407 e. The van der Waals surface area contributed by atoms with E-state index in [9.17, 15) is 9.59 Å². The molecule has 2 rings (SSSR count). The van der Waals surface area contributed by atoms with Gasteiger partial charge in [-0.2, -0.15) is 0 Å². The summed E-state index contributed by atoms with van der Waals surface area (Å²) in [5, 5.41) is 2.89. The Bertz CT molecular complexity index is 358. The van der Waals surface area contributed by atoms with Crippen molar-refractivity contribution in [2.75, 3.05) is 26.2 Å². The largest absolute Gasteiger partial charge is 0.450 e. The molecule has 1 saturated heterocycles. The van der Waals surface area contributed by atoms with Crippen molar-refractivity contribution in [1.29, 1.82) is 0 Å². The number of ether oxygens (including phenoxy) is 1. The molecule has 0 aromatic heterocycles. The second-order valence-corrected chi connectivity index (χ2v) is 6.00. The quantitative estimate of drug-likeness (QED) is 0.752. The number of hydrogen-bond donors (Lipinski definition) is 2. The molecular weight excluding hydrogens is 258 g/mol. The van der Waals surface area contributed by atoms with Crippen molar-refractivity contribution in [3.8, 4) is 0 Å². The second-order valence-electron chi connectivity index (χ2n) is 6.00. The van der Waals surface area contributed by atoms with E-state index in [0.717, 1.165) is 18.9 Å². The van der Waals surface area contributed by atoms with E-state index in [0.29, 0.717) is 19.1 Å². The van der Waals surface area contributed by atoms with E-state index in [1.807, 2.05) is 0 Å². The van der Waals surface area contributed by atoms with Gasteiger partial charge in [0, 0.05) is 19.1 Å². The molecule has 6 heteroatoms. The van der Waals surface area contributed by atoms with Crippen molar-refractivity contribution in [2.24, 2.45) is 17.6 Å². The van der Waals surface area contributed by atoms with Gasteiger partial charge in [-0.1, -0.05) is 12.8 Å². The van der Waals surface area contributed by atoms with Gasteiger partial charge in [0.15, 0.2) is 0 Å². The first-order valence-electron chi connectivity index (χ1n) is 7.50. The number of nitrogens with zero attached hydrogens (tertiary/aromatic N) is 1. The number of rotatable bonds is 6. The Hall–Kier alpha value is -1.30. The van der Waals surface area contributed by atoms with Gasteiger partial charge in [-0.25, -0.2) is 4.79 Å². The molecule has 0 bridgehead atoms. The number of nitrogens with one attached hydrogen (secondary N) is 1. The van der Waals surface area contributed by atoms with Gasteiger partial charge in [0.25, 0.3) is 0 Å². The van der Waals surface area contributed by atoms with Crippen LogP contribution in [0.25, 0.3) is 0 Å². The Balaban J connectivity index is 1.87. The summed E-state index contributed by atoms with van der Waals surface area (Å²) in [7, 11) is 0. The maximum absolute atomic E-state index is 11.5. The molecule has 3 N–H and O–H groups in total. The maximum atomic E-state index is 11.5. The van der Waals surface area contributed by atoms with Crippen LogP contribution < -0.4 is 11.1 Å². The van der Waals surface area contributed by atoms with Crippen LogP contribution >= 0.6 is 0 Å². The summed E-state index contributed by atoms with van der Waals surface area (Å²) in [6, 6.07) is 0.0471. The number of piperidine rings is 1. The lowest BCUT2D eigenvalue weighted by atomic mass is 9.89. The SMILES string of the molecule is CCOC(=O)NC1CC(CC2CC2)CN(CC(N)=O)C1. The first-order valence-corrected chi connectivity index (χ1v) is 7.50. The number of amides is 2. The van der Waals surface area contributed by atoms with Crippen molar-refractivity contribution in [1.82, 2.24) is 10.2 Å². The van der Waals surface area contributed by atoms with Crippen molar-refractivity contribution in [3.05, 3.63) is 0 Å². The molecule has 2 aliphatic rings. The summed E-state index contributed by atoms with van der Waals surface area (Å²) in [5.41, 5.74) is 5.28. The molecule has 0 spiro atoms. The number of carbonyl (C=O) groups excluding carboxylic acids is 2. The average Bonchev–Trinajstić information content (AvgIpc) is 3.11. The minimum absolute atomic E-state index is 0.0471. The summed E-state index contributed by atoms with van der Waals surface area (Å²) >= 11 is 0. The molecule has 0 aromatic carbocycles. The highest BCUT2D eigenvalue weighted by atomic mass is 16.5. The molecule has 1 heterocycles. The van der Waals surface area contributed by atoms with Crippen LogP contribution in [0.15, 0.2) is 0 Å². The average molecular weight is 283 g/mol. The van der Waals surface area contributed by atoms with Gasteiger partial charge >= 0.3 is 6.09 Å². The predicted molar refractivity (Wildman–Crippen MR) is 75.0 cm³/mol.